The fourth-order valence-corrected chi connectivity index (χ4v) is 1.90. The maximum atomic E-state index is 11.6. The molecule has 0 fully saturated rings. The standard InChI is InChI=1S/C16H26N2O2/c1-13(2)8-9-17-16(20)11-18-15(12-19)10-14-6-4-3-5-7-14/h3-7,13,15,18-19H,8-12H2,1-2H3,(H,17,20). The SMILES string of the molecule is CC(C)CCNC(=O)CNC(CO)Cc1ccccc1. The highest BCUT2D eigenvalue weighted by Gasteiger charge is 2.10. The largest absolute Gasteiger partial charge is 0.395 e. The Morgan fingerprint density at radius 1 is 1.25 bits per heavy atom. The fraction of sp³-hybridized carbons (Fsp3) is 0.562. The Balaban J connectivity index is 2.25. The molecule has 1 unspecified atom stereocenters. The van der Waals surface area contributed by atoms with Crippen LogP contribution in [0.4, 0.5) is 0 Å². The molecule has 1 rings (SSSR count). The van der Waals surface area contributed by atoms with Gasteiger partial charge in [0.25, 0.3) is 0 Å². The normalized spacial score (nSPS) is 12.4. The predicted molar refractivity (Wildman–Crippen MR) is 81.5 cm³/mol. The summed E-state index contributed by atoms with van der Waals surface area (Å²) in [6.45, 7) is 5.24. The van der Waals surface area contributed by atoms with E-state index in [0.29, 0.717) is 12.5 Å². The second-order valence-electron chi connectivity index (χ2n) is 5.48. The Kier molecular flexibility index (Phi) is 7.92. The Bertz CT molecular complexity index is 379. The van der Waals surface area contributed by atoms with Gasteiger partial charge in [-0.05, 0) is 24.3 Å². The number of nitrogens with one attached hydrogen (secondary N) is 2. The van der Waals surface area contributed by atoms with Crippen molar-refractivity contribution in [3.63, 3.8) is 0 Å². The summed E-state index contributed by atoms with van der Waals surface area (Å²) < 4.78 is 0. The molecule has 1 aromatic carbocycles. The molecule has 0 saturated carbocycles. The molecular formula is C16H26N2O2. The Morgan fingerprint density at radius 2 is 1.95 bits per heavy atom. The molecule has 0 spiro atoms. The van der Waals surface area contributed by atoms with Gasteiger partial charge in [-0.3, -0.25) is 4.79 Å². The average Bonchev–Trinajstić information content (AvgIpc) is 2.44. The van der Waals surface area contributed by atoms with Gasteiger partial charge in [0.1, 0.15) is 0 Å². The summed E-state index contributed by atoms with van der Waals surface area (Å²) >= 11 is 0. The number of hydrogen-bond donors (Lipinski definition) is 3. The zero-order valence-electron chi connectivity index (χ0n) is 12.4. The van der Waals surface area contributed by atoms with Gasteiger partial charge in [-0.25, -0.2) is 0 Å². The summed E-state index contributed by atoms with van der Waals surface area (Å²) in [5, 5.41) is 15.3. The van der Waals surface area contributed by atoms with Gasteiger partial charge in [-0.15, -0.1) is 0 Å². The van der Waals surface area contributed by atoms with Crippen LogP contribution < -0.4 is 10.6 Å². The van der Waals surface area contributed by atoms with Gasteiger partial charge in [0.15, 0.2) is 0 Å². The minimum Gasteiger partial charge on any atom is -0.395 e. The number of hydrogen-bond acceptors (Lipinski definition) is 3. The summed E-state index contributed by atoms with van der Waals surface area (Å²) in [6, 6.07) is 9.87. The monoisotopic (exact) mass is 278 g/mol. The van der Waals surface area contributed by atoms with Crippen molar-refractivity contribution in [3.05, 3.63) is 35.9 Å². The third-order valence-corrected chi connectivity index (χ3v) is 3.14. The first-order valence-corrected chi connectivity index (χ1v) is 7.26. The number of amides is 1. The summed E-state index contributed by atoms with van der Waals surface area (Å²) in [5.74, 6) is 0.573. The van der Waals surface area contributed by atoms with Crippen LogP contribution >= 0.6 is 0 Å². The van der Waals surface area contributed by atoms with Gasteiger partial charge in [0.05, 0.1) is 13.2 Å². The number of aliphatic hydroxyl groups excluding tert-OH is 1. The second kappa shape index (κ2) is 9.50. The maximum absolute atomic E-state index is 11.6. The number of aliphatic hydroxyl groups is 1. The lowest BCUT2D eigenvalue weighted by atomic mass is 10.1. The highest BCUT2D eigenvalue weighted by atomic mass is 16.3. The van der Waals surface area contributed by atoms with Crippen LogP contribution in [0.3, 0.4) is 0 Å². The topological polar surface area (TPSA) is 61.4 Å². The van der Waals surface area contributed by atoms with E-state index in [4.69, 9.17) is 0 Å². The molecule has 1 aromatic rings. The number of rotatable bonds is 9. The Morgan fingerprint density at radius 3 is 2.55 bits per heavy atom. The van der Waals surface area contributed by atoms with Crippen molar-refractivity contribution in [1.82, 2.24) is 10.6 Å². The molecule has 20 heavy (non-hydrogen) atoms. The molecule has 1 atom stereocenters. The van der Waals surface area contributed by atoms with Gasteiger partial charge >= 0.3 is 0 Å². The van der Waals surface area contributed by atoms with Crippen molar-refractivity contribution in [3.8, 4) is 0 Å². The first kappa shape index (κ1) is 16.7. The molecule has 3 N–H and O–H groups in total. The van der Waals surface area contributed by atoms with Gasteiger partial charge < -0.3 is 15.7 Å². The molecule has 0 aliphatic heterocycles. The van der Waals surface area contributed by atoms with Crippen LogP contribution in [0, 0.1) is 5.92 Å². The molecular weight excluding hydrogens is 252 g/mol. The average molecular weight is 278 g/mol. The number of carbonyl (C=O) groups is 1. The molecule has 0 aromatic heterocycles. The molecule has 0 heterocycles. The van der Waals surface area contributed by atoms with Crippen molar-refractivity contribution in [2.24, 2.45) is 5.92 Å². The van der Waals surface area contributed by atoms with Crippen LogP contribution in [0.25, 0.3) is 0 Å². The van der Waals surface area contributed by atoms with Gasteiger partial charge in [0.2, 0.25) is 5.91 Å². The highest BCUT2D eigenvalue weighted by Crippen LogP contribution is 2.02. The molecule has 0 radical (unpaired) electrons. The maximum Gasteiger partial charge on any atom is 0.233 e. The van der Waals surface area contributed by atoms with E-state index >= 15 is 0 Å². The molecule has 1 amide bonds. The zero-order chi connectivity index (χ0) is 14.8. The van der Waals surface area contributed by atoms with Crippen LogP contribution in [-0.4, -0.2) is 36.8 Å². The molecule has 4 nitrogen and oxygen atoms in total. The van der Waals surface area contributed by atoms with Crippen molar-refractivity contribution in [2.45, 2.75) is 32.7 Å². The van der Waals surface area contributed by atoms with E-state index in [2.05, 4.69) is 24.5 Å². The van der Waals surface area contributed by atoms with Crippen molar-refractivity contribution in [1.29, 1.82) is 0 Å². The van der Waals surface area contributed by atoms with Crippen molar-refractivity contribution >= 4 is 5.91 Å². The Labute approximate surface area is 121 Å². The van der Waals surface area contributed by atoms with Crippen molar-refractivity contribution in [2.75, 3.05) is 19.7 Å². The van der Waals surface area contributed by atoms with Gasteiger partial charge in [-0.2, -0.15) is 0 Å². The third-order valence-electron chi connectivity index (χ3n) is 3.14. The molecule has 4 heteroatoms. The summed E-state index contributed by atoms with van der Waals surface area (Å²) in [5.41, 5.74) is 1.15. The van der Waals surface area contributed by atoms with Crippen LogP contribution in [0.5, 0.6) is 0 Å². The smallest absolute Gasteiger partial charge is 0.233 e. The van der Waals surface area contributed by atoms with E-state index in [0.717, 1.165) is 18.4 Å². The minimum absolute atomic E-state index is 0.0165. The first-order valence-electron chi connectivity index (χ1n) is 7.26. The third kappa shape index (κ3) is 7.26. The lowest BCUT2D eigenvalue weighted by Gasteiger charge is -2.16. The molecule has 112 valence electrons. The van der Waals surface area contributed by atoms with E-state index in [9.17, 15) is 9.90 Å². The molecule has 0 saturated heterocycles. The van der Waals surface area contributed by atoms with Crippen LogP contribution in [-0.2, 0) is 11.2 Å². The predicted octanol–water partition coefficient (Wildman–Crippen LogP) is 1.34. The van der Waals surface area contributed by atoms with Crippen LogP contribution in [0.2, 0.25) is 0 Å². The lowest BCUT2D eigenvalue weighted by molar-refractivity contribution is -0.120. The minimum atomic E-state index is -0.0896. The second-order valence-corrected chi connectivity index (χ2v) is 5.48. The fourth-order valence-electron chi connectivity index (χ4n) is 1.90. The molecule has 0 aliphatic carbocycles. The molecule has 0 bridgehead atoms. The van der Waals surface area contributed by atoms with Crippen molar-refractivity contribution < 1.29 is 9.90 Å². The van der Waals surface area contributed by atoms with Gasteiger partial charge in [-0.1, -0.05) is 44.2 Å². The number of carbonyl (C=O) groups excluding carboxylic acids is 1. The van der Waals surface area contributed by atoms with E-state index < -0.39 is 0 Å². The van der Waals surface area contributed by atoms with E-state index in [-0.39, 0.29) is 25.1 Å². The van der Waals surface area contributed by atoms with Gasteiger partial charge in [0, 0.05) is 12.6 Å². The lowest BCUT2D eigenvalue weighted by Crippen LogP contribution is -2.42. The van der Waals surface area contributed by atoms with Crippen LogP contribution in [0.1, 0.15) is 25.8 Å². The van der Waals surface area contributed by atoms with E-state index in [1.807, 2.05) is 30.3 Å². The summed E-state index contributed by atoms with van der Waals surface area (Å²) in [4.78, 5) is 11.6. The first-order chi connectivity index (χ1) is 9.61. The van der Waals surface area contributed by atoms with Crippen LogP contribution in [0.15, 0.2) is 30.3 Å². The zero-order valence-corrected chi connectivity index (χ0v) is 12.4. The quantitative estimate of drug-likeness (QED) is 0.639. The highest BCUT2D eigenvalue weighted by molar-refractivity contribution is 5.77. The number of benzene rings is 1. The Hall–Kier alpha value is -1.39. The van der Waals surface area contributed by atoms with E-state index in [1.54, 1.807) is 0 Å². The summed E-state index contributed by atoms with van der Waals surface area (Å²) in [7, 11) is 0. The summed E-state index contributed by atoms with van der Waals surface area (Å²) in [6.07, 6.45) is 1.70. The van der Waals surface area contributed by atoms with E-state index in [1.165, 1.54) is 0 Å². The molecule has 0 aliphatic rings.